The molecule has 0 aromatic heterocycles. The second kappa shape index (κ2) is 12.4. The van der Waals surface area contributed by atoms with Crippen molar-refractivity contribution in [2.45, 2.75) is 88.2 Å². The molecule has 0 bridgehead atoms. The predicted molar refractivity (Wildman–Crippen MR) is 117 cm³/mol. The molecule has 2 rings (SSSR count). The fraction of sp³-hybridized carbons (Fsp3) is 0.625. The minimum atomic E-state index is -0.767. The van der Waals surface area contributed by atoms with Crippen molar-refractivity contribution in [1.29, 1.82) is 0 Å². The van der Waals surface area contributed by atoms with Gasteiger partial charge in [-0.05, 0) is 49.1 Å². The molecule has 1 unspecified atom stereocenters. The van der Waals surface area contributed by atoms with Gasteiger partial charge in [0.25, 0.3) is 0 Å². The van der Waals surface area contributed by atoms with Crippen molar-refractivity contribution in [2.24, 2.45) is 5.92 Å². The highest BCUT2D eigenvalue weighted by atomic mass is 35.5. The summed E-state index contributed by atoms with van der Waals surface area (Å²) in [7, 11) is 0. The third-order valence-electron chi connectivity index (χ3n) is 5.93. The molecule has 0 amide bonds. The van der Waals surface area contributed by atoms with Crippen molar-refractivity contribution in [3.05, 3.63) is 47.5 Å². The van der Waals surface area contributed by atoms with Gasteiger partial charge in [0, 0.05) is 17.7 Å². The van der Waals surface area contributed by atoms with Crippen molar-refractivity contribution in [3.63, 3.8) is 0 Å². The predicted octanol–water partition coefficient (Wildman–Crippen LogP) is 5.57. The number of carboxylic acid groups (broad SMARTS) is 1. The molecule has 0 saturated heterocycles. The largest absolute Gasteiger partial charge is 0.481 e. The Hall–Kier alpha value is -1.36. The highest BCUT2D eigenvalue weighted by Gasteiger charge is 2.41. The van der Waals surface area contributed by atoms with Crippen LogP contribution in [0.5, 0.6) is 0 Å². The lowest BCUT2D eigenvalue weighted by molar-refractivity contribution is -0.137. The van der Waals surface area contributed by atoms with E-state index in [9.17, 15) is 15.0 Å². The highest BCUT2D eigenvalue weighted by molar-refractivity contribution is 6.21. The molecule has 1 saturated carbocycles. The topological polar surface area (TPSA) is 77.8 Å². The molecule has 5 heteroatoms. The molecule has 1 aliphatic carbocycles. The molecule has 1 aliphatic rings. The fourth-order valence-corrected chi connectivity index (χ4v) is 4.71. The summed E-state index contributed by atoms with van der Waals surface area (Å²) < 4.78 is 0. The average Bonchev–Trinajstić information content (AvgIpc) is 2.97. The summed E-state index contributed by atoms with van der Waals surface area (Å²) in [6.45, 7) is 2.15. The summed E-state index contributed by atoms with van der Waals surface area (Å²) in [5.74, 6) is -0.646. The number of carbonyl (C=O) groups is 1. The Morgan fingerprint density at radius 2 is 1.93 bits per heavy atom. The van der Waals surface area contributed by atoms with E-state index in [1.54, 1.807) is 0 Å². The maximum atomic E-state index is 10.6. The normalized spacial score (nSPS) is 25.5. The van der Waals surface area contributed by atoms with E-state index in [1.165, 1.54) is 0 Å². The van der Waals surface area contributed by atoms with Crippen LogP contribution in [0.25, 0.3) is 0 Å². The third-order valence-corrected chi connectivity index (χ3v) is 6.43. The van der Waals surface area contributed by atoms with Crippen molar-refractivity contribution in [2.75, 3.05) is 0 Å². The van der Waals surface area contributed by atoms with E-state index < -0.39 is 18.2 Å². The van der Waals surface area contributed by atoms with Gasteiger partial charge in [0.05, 0.1) is 12.2 Å². The molecule has 1 fully saturated rings. The third kappa shape index (κ3) is 7.44. The van der Waals surface area contributed by atoms with Gasteiger partial charge in [-0.1, -0.05) is 62.6 Å². The molecule has 0 radical (unpaired) electrons. The van der Waals surface area contributed by atoms with Crippen LogP contribution in [-0.4, -0.2) is 32.8 Å². The van der Waals surface area contributed by atoms with Crippen LogP contribution in [0.4, 0.5) is 0 Å². The molecule has 3 N–H and O–H groups in total. The molecule has 1 aromatic carbocycles. The van der Waals surface area contributed by atoms with Crippen LogP contribution in [0.1, 0.15) is 87.9 Å². The molecule has 0 spiro atoms. The molecular weight excluding hydrogens is 388 g/mol. The van der Waals surface area contributed by atoms with Crippen LogP contribution in [0.15, 0.2) is 36.4 Å². The summed E-state index contributed by atoms with van der Waals surface area (Å²) in [5, 5.41) is 29.5. The quantitative estimate of drug-likeness (QED) is 0.233. The number of benzene rings is 1. The van der Waals surface area contributed by atoms with Gasteiger partial charge >= 0.3 is 5.97 Å². The van der Waals surface area contributed by atoms with Crippen LogP contribution in [0, 0.1) is 5.92 Å². The molecule has 0 aliphatic heterocycles. The van der Waals surface area contributed by atoms with E-state index in [1.807, 2.05) is 30.3 Å². The first-order valence-corrected chi connectivity index (χ1v) is 11.3. The Bertz CT molecular complexity index is 643. The minimum absolute atomic E-state index is 0.0209. The Balaban J connectivity index is 1.96. The van der Waals surface area contributed by atoms with Gasteiger partial charge in [-0.15, -0.1) is 11.6 Å². The number of hydrogen-bond acceptors (Lipinski definition) is 3. The number of aliphatic hydroxyl groups excluding tert-OH is 2. The maximum Gasteiger partial charge on any atom is 0.303 e. The number of alkyl halides is 1. The van der Waals surface area contributed by atoms with Gasteiger partial charge < -0.3 is 15.3 Å². The Kier molecular flexibility index (Phi) is 10.2. The number of allylic oxidation sites excluding steroid dienone is 2. The first kappa shape index (κ1) is 23.9. The molecule has 162 valence electrons. The lowest BCUT2D eigenvalue weighted by atomic mass is 9.84. The minimum Gasteiger partial charge on any atom is -0.481 e. The first-order chi connectivity index (χ1) is 13.9. The van der Waals surface area contributed by atoms with E-state index in [-0.39, 0.29) is 23.6 Å². The summed E-state index contributed by atoms with van der Waals surface area (Å²) in [6.07, 6.45) is 10.2. The summed E-state index contributed by atoms with van der Waals surface area (Å²) in [6, 6.07) is 7.98. The van der Waals surface area contributed by atoms with Crippen LogP contribution < -0.4 is 0 Å². The van der Waals surface area contributed by atoms with E-state index >= 15 is 0 Å². The molecular formula is C24H35ClO4. The molecule has 4 nitrogen and oxygen atoms in total. The monoisotopic (exact) mass is 422 g/mol. The fourth-order valence-electron chi connectivity index (χ4n) is 4.26. The standard InChI is InChI=1S/C24H35ClO4/c1-2-3-6-10-21(26)17-12-14-18(15-13-17)24-19(20(25)16-22(24)27)9-7-4-5-8-11-23(28)29/h4,7,12-15,19-22,24,26-27H,2-3,5-6,8-11,16H2,1H3,(H,28,29)/b7-4-/t19-,20+,21+,22+,24?/m0/s1. The number of halogens is 1. The Labute approximate surface area is 179 Å². The van der Waals surface area contributed by atoms with E-state index in [4.69, 9.17) is 16.7 Å². The number of rotatable bonds is 12. The Morgan fingerprint density at radius 1 is 1.21 bits per heavy atom. The first-order valence-electron chi connectivity index (χ1n) is 10.9. The van der Waals surface area contributed by atoms with Gasteiger partial charge in [-0.2, -0.15) is 0 Å². The molecule has 1 aromatic rings. The second-order valence-electron chi connectivity index (χ2n) is 8.18. The van der Waals surface area contributed by atoms with Gasteiger partial charge in [0.2, 0.25) is 0 Å². The lowest BCUT2D eigenvalue weighted by Crippen LogP contribution is -2.18. The zero-order valence-electron chi connectivity index (χ0n) is 17.3. The van der Waals surface area contributed by atoms with Crippen LogP contribution in [0.3, 0.4) is 0 Å². The van der Waals surface area contributed by atoms with E-state index in [0.29, 0.717) is 12.8 Å². The number of carboxylic acids is 1. The van der Waals surface area contributed by atoms with Crippen LogP contribution in [-0.2, 0) is 4.79 Å². The van der Waals surface area contributed by atoms with Gasteiger partial charge in [-0.3, -0.25) is 4.79 Å². The van der Waals surface area contributed by atoms with Gasteiger partial charge in [0.15, 0.2) is 0 Å². The van der Waals surface area contributed by atoms with E-state index in [2.05, 4.69) is 13.0 Å². The smallest absolute Gasteiger partial charge is 0.303 e. The van der Waals surface area contributed by atoms with Gasteiger partial charge in [0.1, 0.15) is 0 Å². The number of aliphatic hydroxyl groups is 2. The van der Waals surface area contributed by atoms with Crippen molar-refractivity contribution < 1.29 is 20.1 Å². The average molecular weight is 423 g/mol. The summed E-state index contributed by atoms with van der Waals surface area (Å²) >= 11 is 6.54. The maximum absolute atomic E-state index is 10.6. The molecule has 5 atom stereocenters. The van der Waals surface area contributed by atoms with Crippen molar-refractivity contribution >= 4 is 17.6 Å². The summed E-state index contributed by atoms with van der Waals surface area (Å²) in [4.78, 5) is 10.6. The SMILES string of the molecule is CCCCC[C@@H](O)c1ccc(C2[C@H](O)C[C@@H](Cl)[C@@H]2C/C=C\CCCC(=O)O)cc1. The van der Waals surface area contributed by atoms with Gasteiger partial charge in [-0.25, -0.2) is 0 Å². The highest BCUT2D eigenvalue weighted by Crippen LogP contribution is 2.45. The molecule has 0 heterocycles. The zero-order chi connectivity index (χ0) is 21.2. The molecule has 29 heavy (non-hydrogen) atoms. The summed E-state index contributed by atoms with van der Waals surface area (Å²) in [5.41, 5.74) is 1.99. The van der Waals surface area contributed by atoms with Crippen LogP contribution in [0.2, 0.25) is 0 Å². The van der Waals surface area contributed by atoms with Crippen LogP contribution >= 0.6 is 11.6 Å². The van der Waals surface area contributed by atoms with Crippen molar-refractivity contribution in [3.8, 4) is 0 Å². The number of aliphatic carboxylic acids is 1. The number of hydrogen-bond donors (Lipinski definition) is 3. The van der Waals surface area contributed by atoms with Crippen molar-refractivity contribution in [1.82, 2.24) is 0 Å². The zero-order valence-corrected chi connectivity index (χ0v) is 18.1. The number of unbranched alkanes of at least 4 members (excludes halogenated alkanes) is 3. The Morgan fingerprint density at radius 3 is 2.59 bits per heavy atom. The van der Waals surface area contributed by atoms with E-state index in [0.717, 1.165) is 49.7 Å². The lowest BCUT2D eigenvalue weighted by Gasteiger charge is -2.23. The second-order valence-corrected chi connectivity index (χ2v) is 8.74.